The zero-order valence-corrected chi connectivity index (χ0v) is 13.6. The number of carbonyl (C=O) groups is 1. The number of ether oxygens (including phenoxy) is 1. The van der Waals surface area contributed by atoms with Crippen LogP contribution in [0.25, 0.3) is 5.69 Å². The molecule has 4 rings (SSSR count). The van der Waals surface area contributed by atoms with Gasteiger partial charge in [-0.2, -0.15) is 16.9 Å². The van der Waals surface area contributed by atoms with Crippen molar-refractivity contribution in [1.82, 2.24) is 14.7 Å². The van der Waals surface area contributed by atoms with Gasteiger partial charge in [0.05, 0.1) is 12.3 Å². The van der Waals surface area contributed by atoms with Crippen LogP contribution >= 0.6 is 11.8 Å². The molecule has 0 N–H and O–H groups in total. The molecule has 2 aromatic rings. The first-order valence-electron chi connectivity index (χ1n) is 7.94. The van der Waals surface area contributed by atoms with Crippen LogP contribution in [0.1, 0.15) is 16.9 Å². The van der Waals surface area contributed by atoms with Crippen molar-refractivity contribution in [3.05, 3.63) is 48.3 Å². The first-order valence-corrected chi connectivity index (χ1v) is 8.99. The summed E-state index contributed by atoms with van der Waals surface area (Å²) < 4.78 is 7.31. The van der Waals surface area contributed by atoms with Crippen LogP contribution < -0.4 is 0 Å². The van der Waals surface area contributed by atoms with Gasteiger partial charge < -0.3 is 9.64 Å². The minimum atomic E-state index is 0.0388. The van der Waals surface area contributed by atoms with Gasteiger partial charge in [0.15, 0.2) is 5.69 Å². The standard InChI is InChI=1S/C17H19N3O2S/c21-17(19-9-11-23-16-12-22-10-7-15(16)19)14-6-8-20(18-14)13-4-2-1-3-5-13/h1-6,8,15-16H,7,9-12H2/t15-,16+/m1/s1. The molecule has 6 heteroatoms. The van der Waals surface area contributed by atoms with E-state index in [1.54, 1.807) is 4.68 Å². The summed E-state index contributed by atoms with van der Waals surface area (Å²) in [5.74, 6) is 1.01. The summed E-state index contributed by atoms with van der Waals surface area (Å²) in [4.78, 5) is 14.9. The van der Waals surface area contributed by atoms with Crippen molar-refractivity contribution < 1.29 is 9.53 Å². The predicted octanol–water partition coefficient (Wildman–Crippen LogP) is 2.22. The van der Waals surface area contributed by atoms with Gasteiger partial charge in [0.1, 0.15) is 0 Å². The third kappa shape index (κ3) is 2.88. The van der Waals surface area contributed by atoms with E-state index in [0.717, 1.165) is 37.6 Å². The van der Waals surface area contributed by atoms with Crippen LogP contribution in [-0.2, 0) is 4.74 Å². The second-order valence-corrected chi connectivity index (χ2v) is 7.17. The highest BCUT2D eigenvalue weighted by molar-refractivity contribution is 8.00. The fourth-order valence-corrected chi connectivity index (χ4v) is 4.55. The lowest BCUT2D eigenvalue weighted by Gasteiger charge is -2.43. The maximum absolute atomic E-state index is 12.9. The van der Waals surface area contributed by atoms with E-state index < -0.39 is 0 Å². The Balaban J connectivity index is 1.56. The number of benzene rings is 1. The zero-order valence-electron chi connectivity index (χ0n) is 12.8. The van der Waals surface area contributed by atoms with Crippen molar-refractivity contribution in [3.8, 4) is 5.69 Å². The molecular formula is C17H19N3O2S. The second-order valence-electron chi connectivity index (χ2n) is 5.82. The molecule has 0 saturated carbocycles. The van der Waals surface area contributed by atoms with E-state index in [-0.39, 0.29) is 11.9 Å². The molecule has 2 aliphatic rings. The Kier molecular flexibility index (Phi) is 4.10. The van der Waals surface area contributed by atoms with Crippen molar-refractivity contribution >= 4 is 17.7 Å². The van der Waals surface area contributed by atoms with Gasteiger partial charge in [-0.3, -0.25) is 4.79 Å². The monoisotopic (exact) mass is 329 g/mol. The van der Waals surface area contributed by atoms with Crippen LogP contribution in [0.4, 0.5) is 0 Å². The van der Waals surface area contributed by atoms with Gasteiger partial charge in [0, 0.05) is 36.4 Å². The number of nitrogens with zero attached hydrogens (tertiary/aromatic N) is 3. The molecule has 2 aliphatic heterocycles. The molecule has 0 bridgehead atoms. The van der Waals surface area contributed by atoms with E-state index in [0.29, 0.717) is 10.9 Å². The molecule has 1 aromatic heterocycles. The topological polar surface area (TPSA) is 47.4 Å². The maximum atomic E-state index is 12.9. The SMILES string of the molecule is O=C(c1ccn(-c2ccccc2)n1)N1CCS[C@H]2COCC[C@H]21. The Morgan fingerprint density at radius 1 is 1.26 bits per heavy atom. The third-order valence-electron chi connectivity index (χ3n) is 4.42. The molecule has 3 heterocycles. The summed E-state index contributed by atoms with van der Waals surface area (Å²) in [5.41, 5.74) is 1.48. The molecule has 0 radical (unpaired) electrons. The van der Waals surface area contributed by atoms with Crippen molar-refractivity contribution in [2.75, 3.05) is 25.5 Å². The van der Waals surface area contributed by atoms with Gasteiger partial charge in [-0.1, -0.05) is 18.2 Å². The lowest BCUT2D eigenvalue weighted by atomic mass is 10.1. The zero-order chi connectivity index (χ0) is 15.6. The van der Waals surface area contributed by atoms with Gasteiger partial charge in [-0.15, -0.1) is 0 Å². The predicted molar refractivity (Wildman–Crippen MR) is 90.1 cm³/mol. The number of hydrogen-bond donors (Lipinski definition) is 0. The largest absolute Gasteiger partial charge is 0.380 e. The van der Waals surface area contributed by atoms with Crippen LogP contribution in [0.15, 0.2) is 42.6 Å². The fraction of sp³-hybridized carbons (Fsp3) is 0.412. The molecular weight excluding hydrogens is 310 g/mol. The number of amides is 1. The number of para-hydroxylation sites is 1. The van der Waals surface area contributed by atoms with Crippen molar-refractivity contribution in [1.29, 1.82) is 0 Å². The first-order chi connectivity index (χ1) is 11.3. The lowest BCUT2D eigenvalue weighted by molar-refractivity contribution is 0.0315. The average Bonchev–Trinajstić information content (AvgIpc) is 3.11. The number of thioether (sulfide) groups is 1. The summed E-state index contributed by atoms with van der Waals surface area (Å²) in [6.07, 6.45) is 2.77. The van der Waals surface area contributed by atoms with E-state index in [4.69, 9.17) is 4.74 Å². The smallest absolute Gasteiger partial charge is 0.274 e. The number of hydrogen-bond acceptors (Lipinski definition) is 4. The molecule has 0 spiro atoms. The molecule has 1 aromatic carbocycles. The van der Waals surface area contributed by atoms with Crippen molar-refractivity contribution in [2.24, 2.45) is 0 Å². The van der Waals surface area contributed by atoms with E-state index in [9.17, 15) is 4.79 Å². The van der Waals surface area contributed by atoms with Crippen LogP contribution in [0.2, 0.25) is 0 Å². The van der Waals surface area contributed by atoms with Gasteiger partial charge in [-0.25, -0.2) is 4.68 Å². The van der Waals surface area contributed by atoms with E-state index in [2.05, 4.69) is 5.10 Å². The van der Waals surface area contributed by atoms with Crippen LogP contribution in [-0.4, -0.2) is 57.4 Å². The minimum Gasteiger partial charge on any atom is -0.380 e. The number of carbonyl (C=O) groups excluding carboxylic acids is 1. The highest BCUT2D eigenvalue weighted by Crippen LogP contribution is 2.31. The molecule has 0 unspecified atom stereocenters. The van der Waals surface area contributed by atoms with E-state index in [1.807, 2.05) is 59.3 Å². The highest BCUT2D eigenvalue weighted by Gasteiger charge is 2.37. The normalized spacial score (nSPS) is 24.3. The fourth-order valence-electron chi connectivity index (χ4n) is 3.25. The number of fused-ring (bicyclic) bond motifs is 1. The lowest BCUT2D eigenvalue weighted by Crippen LogP contribution is -2.54. The number of rotatable bonds is 2. The summed E-state index contributed by atoms with van der Waals surface area (Å²) in [7, 11) is 0. The van der Waals surface area contributed by atoms with Gasteiger partial charge >= 0.3 is 0 Å². The number of aromatic nitrogens is 2. The van der Waals surface area contributed by atoms with Crippen LogP contribution in [0.5, 0.6) is 0 Å². The molecule has 5 nitrogen and oxygen atoms in total. The van der Waals surface area contributed by atoms with Crippen molar-refractivity contribution in [2.45, 2.75) is 17.7 Å². The Hall–Kier alpha value is -1.79. The summed E-state index contributed by atoms with van der Waals surface area (Å²) in [6.45, 7) is 2.28. The molecule has 2 atom stereocenters. The summed E-state index contributed by atoms with van der Waals surface area (Å²) in [5, 5.41) is 4.88. The Morgan fingerprint density at radius 2 is 2.13 bits per heavy atom. The second kappa shape index (κ2) is 6.37. The summed E-state index contributed by atoms with van der Waals surface area (Å²) >= 11 is 1.92. The highest BCUT2D eigenvalue weighted by atomic mass is 32.2. The van der Waals surface area contributed by atoms with Crippen LogP contribution in [0.3, 0.4) is 0 Å². The van der Waals surface area contributed by atoms with Crippen LogP contribution in [0, 0.1) is 0 Å². The van der Waals surface area contributed by atoms with Gasteiger partial charge in [0.2, 0.25) is 0 Å². The first kappa shape index (κ1) is 14.8. The quantitative estimate of drug-likeness (QED) is 0.848. The molecule has 23 heavy (non-hydrogen) atoms. The van der Waals surface area contributed by atoms with E-state index >= 15 is 0 Å². The third-order valence-corrected chi connectivity index (χ3v) is 5.72. The minimum absolute atomic E-state index is 0.0388. The maximum Gasteiger partial charge on any atom is 0.274 e. The van der Waals surface area contributed by atoms with Crippen molar-refractivity contribution in [3.63, 3.8) is 0 Å². The Labute approximate surface area is 139 Å². The molecule has 1 amide bonds. The molecule has 2 fully saturated rings. The van der Waals surface area contributed by atoms with Gasteiger partial charge in [0.25, 0.3) is 5.91 Å². The molecule has 120 valence electrons. The van der Waals surface area contributed by atoms with E-state index in [1.165, 1.54) is 0 Å². The summed E-state index contributed by atoms with van der Waals surface area (Å²) in [6, 6.07) is 11.9. The molecule has 2 saturated heterocycles. The Morgan fingerprint density at radius 3 is 3.00 bits per heavy atom. The Bertz CT molecular complexity index is 686. The van der Waals surface area contributed by atoms with Gasteiger partial charge in [-0.05, 0) is 24.6 Å². The average molecular weight is 329 g/mol. The molecule has 0 aliphatic carbocycles.